The third-order valence-electron chi connectivity index (χ3n) is 1.54. The Labute approximate surface area is 84.5 Å². The number of hydroxylamine groups is 2. The van der Waals surface area contributed by atoms with Crippen molar-refractivity contribution in [3.05, 3.63) is 12.8 Å². The largest absolute Gasteiger partial charge is 0.335 e. The molecule has 0 aliphatic heterocycles. The molecule has 4 nitrogen and oxygen atoms in total. The molecule has 0 N–H and O–H groups in total. The Kier molecular flexibility index (Phi) is 5.60. The first-order valence-corrected chi connectivity index (χ1v) is 4.69. The topological polar surface area (TPSA) is 46.6 Å². The highest BCUT2D eigenvalue weighted by molar-refractivity contribution is 5.79. The van der Waals surface area contributed by atoms with Gasteiger partial charge in [-0.3, -0.25) is 4.79 Å². The lowest BCUT2D eigenvalue weighted by Gasteiger charge is -2.17. The summed E-state index contributed by atoms with van der Waals surface area (Å²) in [6, 6.07) is 0. The summed E-state index contributed by atoms with van der Waals surface area (Å²) in [5.74, 6) is -0.947. The highest BCUT2D eigenvalue weighted by Gasteiger charge is 2.17. The molecule has 0 fully saturated rings. The number of hydrogen-bond donors (Lipinski definition) is 0. The molecule has 4 heteroatoms. The van der Waals surface area contributed by atoms with Crippen molar-refractivity contribution in [1.29, 1.82) is 0 Å². The third kappa shape index (κ3) is 4.07. The SMILES string of the molecule is C=CN(OC(=O)C(C)C)C(=O)CCC. The molecule has 0 rings (SSSR count). The van der Waals surface area contributed by atoms with E-state index in [9.17, 15) is 9.59 Å². The van der Waals surface area contributed by atoms with Gasteiger partial charge in [-0.2, -0.15) is 0 Å². The van der Waals surface area contributed by atoms with Gasteiger partial charge in [-0.1, -0.05) is 27.4 Å². The van der Waals surface area contributed by atoms with E-state index >= 15 is 0 Å². The maximum absolute atomic E-state index is 11.3. The molecule has 0 aromatic carbocycles. The molecule has 0 saturated carbocycles. The van der Waals surface area contributed by atoms with E-state index in [4.69, 9.17) is 4.84 Å². The molecule has 0 radical (unpaired) electrons. The van der Waals surface area contributed by atoms with Crippen LogP contribution in [-0.2, 0) is 14.4 Å². The van der Waals surface area contributed by atoms with E-state index < -0.39 is 5.97 Å². The first-order valence-electron chi connectivity index (χ1n) is 4.69. The van der Waals surface area contributed by atoms with Crippen LogP contribution < -0.4 is 0 Å². The highest BCUT2D eigenvalue weighted by Crippen LogP contribution is 2.03. The molecule has 0 atom stereocenters. The van der Waals surface area contributed by atoms with Crippen LogP contribution in [0.4, 0.5) is 0 Å². The molecule has 0 saturated heterocycles. The van der Waals surface area contributed by atoms with Crippen LogP contribution in [0.25, 0.3) is 0 Å². The summed E-state index contributed by atoms with van der Waals surface area (Å²) >= 11 is 0. The van der Waals surface area contributed by atoms with Gasteiger partial charge in [0.2, 0.25) is 0 Å². The molecule has 0 aromatic rings. The van der Waals surface area contributed by atoms with E-state index in [-0.39, 0.29) is 11.8 Å². The first kappa shape index (κ1) is 12.7. The van der Waals surface area contributed by atoms with Gasteiger partial charge in [0.15, 0.2) is 0 Å². The molecule has 0 heterocycles. The van der Waals surface area contributed by atoms with Crippen LogP contribution in [0.1, 0.15) is 33.6 Å². The fourth-order valence-corrected chi connectivity index (χ4v) is 0.716. The molecule has 0 spiro atoms. The second-order valence-electron chi connectivity index (χ2n) is 3.22. The van der Waals surface area contributed by atoms with Crippen LogP contribution in [0.5, 0.6) is 0 Å². The van der Waals surface area contributed by atoms with Crippen molar-refractivity contribution in [2.24, 2.45) is 5.92 Å². The number of carbonyl (C=O) groups excluding carboxylic acids is 2. The van der Waals surface area contributed by atoms with E-state index in [1.165, 1.54) is 6.20 Å². The van der Waals surface area contributed by atoms with Crippen molar-refractivity contribution in [1.82, 2.24) is 5.06 Å². The molecule has 1 amide bonds. The van der Waals surface area contributed by atoms with Crippen LogP contribution in [0, 0.1) is 5.92 Å². The minimum Gasteiger partial charge on any atom is -0.333 e. The maximum Gasteiger partial charge on any atom is 0.335 e. The van der Waals surface area contributed by atoms with Gasteiger partial charge in [-0.25, -0.2) is 4.79 Å². The molecular formula is C10H17NO3. The average Bonchev–Trinajstić information content (AvgIpc) is 2.13. The zero-order chi connectivity index (χ0) is 11.1. The van der Waals surface area contributed by atoms with Crippen LogP contribution in [0.2, 0.25) is 0 Å². The van der Waals surface area contributed by atoms with Gasteiger partial charge in [0.05, 0.1) is 5.92 Å². The summed E-state index contributed by atoms with van der Waals surface area (Å²) in [5.41, 5.74) is 0. The van der Waals surface area contributed by atoms with Crippen molar-refractivity contribution in [2.75, 3.05) is 0 Å². The Bertz CT molecular complexity index is 223. The van der Waals surface area contributed by atoms with Gasteiger partial charge in [-0.15, -0.1) is 5.06 Å². The normalized spacial score (nSPS) is 9.71. The van der Waals surface area contributed by atoms with Crippen LogP contribution in [0.15, 0.2) is 12.8 Å². The summed E-state index contributed by atoms with van der Waals surface area (Å²) in [4.78, 5) is 27.3. The quantitative estimate of drug-likeness (QED) is 0.649. The average molecular weight is 199 g/mol. The summed E-state index contributed by atoms with van der Waals surface area (Å²) in [5, 5.41) is 0.895. The van der Waals surface area contributed by atoms with Gasteiger partial charge in [-0.05, 0) is 6.42 Å². The van der Waals surface area contributed by atoms with Crippen molar-refractivity contribution in [3.63, 3.8) is 0 Å². The lowest BCUT2D eigenvalue weighted by atomic mass is 10.2. The summed E-state index contributed by atoms with van der Waals surface area (Å²) in [6.07, 6.45) is 2.26. The predicted octanol–water partition coefficient (Wildman–Crippen LogP) is 1.87. The van der Waals surface area contributed by atoms with E-state index in [0.29, 0.717) is 12.8 Å². The minimum atomic E-state index is -0.436. The zero-order valence-corrected chi connectivity index (χ0v) is 8.95. The summed E-state index contributed by atoms with van der Waals surface area (Å²) < 4.78 is 0. The highest BCUT2D eigenvalue weighted by atomic mass is 16.7. The van der Waals surface area contributed by atoms with Gasteiger partial charge in [0.1, 0.15) is 0 Å². The first-order chi connectivity index (χ1) is 6.52. The molecular weight excluding hydrogens is 182 g/mol. The third-order valence-corrected chi connectivity index (χ3v) is 1.54. The Hall–Kier alpha value is -1.32. The van der Waals surface area contributed by atoms with Gasteiger partial charge >= 0.3 is 5.97 Å². The molecule has 0 bridgehead atoms. The Morgan fingerprint density at radius 1 is 1.50 bits per heavy atom. The number of rotatable bonds is 4. The van der Waals surface area contributed by atoms with Gasteiger partial charge in [0.25, 0.3) is 5.91 Å². The van der Waals surface area contributed by atoms with Crippen molar-refractivity contribution in [3.8, 4) is 0 Å². The Morgan fingerprint density at radius 3 is 2.43 bits per heavy atom. The summed E-state index contributed by atoms with van der Waals surface area (Å²) in [6.45, 7) is 8.69. The van der Waals surface area contributed by atoms with Gasteiger partial charge < -0.3 is 4.84 Å². The van der Waals surface area contributed by atoms with E-state index in [1.54, 1.807) is 13.8 Å². The van der Waals surface area contributed by atoms with E-state index in [1.807, 2.05) is 6.92 Å². The van der Waals surface area contributed by atoms with E-state index in [2.05, 4.69) is 6.58 Å². The smallest absolute Gasteiger partial charge is 0.333 e. The monoisotopic (exact) mass is 199 g/mol. The van der Waals surface area contributed by atoms with Gasteiger partial charge in [0, 0.05) is 12.6 Å². The number of hydrogen-bond acceptors (Lipinski definition) is 3. The molecule has 80 valence electrons. The Balaban J connectivity index is 4.22. The number of amides is 1. The second kappa shape index (κ2) is 6.18. The van der Waals surface area contributed by atoms with Crippen molar-refractivity contribution in [2.45, 2.75) is 33.6 Å². The van der Waals surface area contributed by atoms with Crippen LogP contribution in [0.3, 0.4) is 0 Å². The summed E-state index contributed by atoms with van der Waals surface area (Å²) in [7, 11) is 0. The molecule has 0 aromatic heterocycles. The maximum atomic E-state index is 11.3. The van der Waals surface area contributed by atoms with Crippen molar-refractivity contribution < 1.29 is 14.4 Å². The van der Waals surface area contributed by atoms with Crippen LogP contribution >= 0.6 is 0 Å². The number of nitrogens with zero attached hydrogens (tertiary/aromatic N) is 1. The minimum absolute atomic E-state index is 0.253. The molecule has 0 aliphatic rings. The second-order valence-corrected chi connectivity index (χ2v) is 3.22. The standard InChI is InChI=1S/C10H17NO3/c1-5-7-9(12)11(6-2)14-10(13)8(3)4/h6,8H,2,5,7H2,1,3-4H3. The molecule has 0 unspecified atom stereocenters. The fraction of sp³-hybridized carbons (Fsp3) is 0.600. The lowest BCUT2D eigenvalue weighted by Crippen LogP contribution is -2.30. The molecule has 0 aliphatic carbocycles. The fourth-order valence-electron chi connectivity index (χ4n) is 0.716. The van der Waals surface area contributed by atoms with Crippen molar-refractivity contribution >= 4 is 11.9 Å². The lowest BCUT2D eigenvalue weighted by molar-refractivity contribution is -0.190. The molecule has 14 heavy (non-hydrogen) atoms. The Morgan fingerprint density at radius 2 is 2.07 bits per heavy atom. The van der Waals surface area contributed by atoms with E-state index in [0.717, 1.165) is 5.06 Å². The van der Waals surface area contributed by atoms with Crippen LogP contribution in [-0.4, -0.2) is 16.9 Å². The zero-order valence-electron chi connectivity index (χ0n) is 8.95. The number of carbonyl (C=O) groups is 2. The predicted molar refractivity (Wildman–Crippen MR) is 52.9 cm³/mol.